The Morgan fingerprint density at radius 1 is 1.11 bits per heavy atom. The maximum atomic E-state index is 5.92. The van der Waals surface area contributed by atoms with Crippen LogP contribution in [-0.2, 0) is 5.41 Å². The van der Waals surface area contributed by atoms with Crippen molar-refractivity contribution in [2.75, 3.05) is 20.2 Å². The number of hydrogen-bond acceptors (Lipinski definition) is 2. The molecule has 102 valence electrons. The summed E-state index contributed by atoms with van der Waals surface area (Å²) in [4.78, 5) is 0. The second kappa shape index (κ2) is 5.75. The minimum absolute atomic E-state index is 0.145. The molecule has 0 heterocycles. The normalized spacial score (nSPS) is 12.6. The van der Waals surface area contributed by atoms with Crippen LogP contribution in [0.5, 0.6) is 5.75 Å². The second-order valence-electron chi connectivity index (χ2n) is 6.76. The summed E-state index contributed by atoms with van der Waals surface area (Å²) in [6.07, 6.45) is 0. The Morgan fingerprint density at radius 2 is 1.78 bits per heavy atom. The quantitative estimate of drug-likeness (QED) is 0.860. The first kappa shape index (κ1) is 15.0. The van der Waals surface area contributed by atoms with Crippen molar-refractivity contribution >= 4 is 0 Å². The van der Waals surface area contributed by atoms with Crippen molar-refractivity contribution in [3.8, 4) is 5.75 Å². The van der Waals surface area contributed by atoms with Crippen LogP contribution in [0.4, 0.5) is 0 Å². The molecule has 0 aliphatic heterocycles. The van der Waals surface area contributed by atoms with Crippen molar-refractivity contribution in [3.63, 3.8) is 0 Å². The van der Waals surface area contributed by atoms with Crippen molar-refractivity contribution in [3.05, 3.63) is 29.8 Å². The molecule has 0 atom stereocenters. The van der Waals surface area contributed by atoms with Gasteiger partial charge in [-0.25, -0.2) is 0 Å². The fraction of sp³-hybridized carbons (Fsp3) is 0.625. The predicted octanol–water partition coefficient (Wildman–Crippen LogP) is 3.61. The van der Waals surface area contributed by atoms with Crippen molar-refractivity contribution in [2.45, 2.75) is 40.0 Å². The average molecular weight is 249 g/mol. The van der Waals surface area contributed by atoms with E-state index in [4.69, 9.17) is 4.74 Å². The first-order valence-electron chi connectivity index (χ1n) is 6.62. The molecule has 1 aromatic rings. The Kier molecular flexibility index (Phi) is 4.80. The van der Waals surface area contributed by atoms with E-state index in [0.717, 1.165) is 18.9 Å². The Morgan fingerprint density at radius 3 is 2.33 bits per heavy atom. The minimum Gasteiger partial charge on any atom is -0.493 e. The van der Waals surface area contributed by atoms with Crippen molar-refractivity contribution in [1.29, 1.82) is 0 Å². The van der Waals surface area contributed by atoms with E-state index in [1.165, 1.54) is 5.56 Å². The first-order valence-corrected chi connectivity index (χ1v) is 6.62. The molecule has 0 radical (unpaired) electrons. The van der Waals surface area contributed by atoms with Crippen LogP contribution in [0.1, 0.15) is 40.2 Å². The molecule has 0 saturated heterocycles. The molecule has 0 aliphatic carbocycles. The lowest BCUT2D eigenvalue weighted by Crippen LogP contribution is -2.32. The van der Waals surface area contributed by atoms with E-state index in [2.05, 4.69) is 58.1 Å². The van der Waals surface area contributed by atoms with Gasteiger partial charge in [0.05, 0.1) is 6.61 Å². The topological polar surface area (TPSA) is 21.3 Å². The van der Waals surface area contributed by atoms with Gasteiger partial charge in [-0.15, -0.1) is 0 Å². The van der Waals surface area contributed by atoms with Crippen molar-refractivity contribution in [2.24, 2.45) is 5.41 Å². The van der Waals surface area contributed by atoms with E-state index < -0.39 is 0 Å². The zero-order valence-electron chi connectivity index (χ0n) is 12.6. The van der Waals surface area contributed by atoms with Crippen LogP contribution < -0.4 is 10.1 Å². The van der Waals surface area contributed by atoms with E-state index in [0.29, 0.717) is 0 Å². The van der Waals surface area contributed by atoms with E-state index in [-0.39, 0.29) is 10.8 Å². The number of nitrogens with one attached hydrogen (secondary N) is 1. The zero-order valence-corrected chi connectivity index (χ0v) is 12.6. The van der Waals surface area contributed by atoms with Crippen LogP contribution in [0.25, 0.3) is 0 Å². The monoisotopic (exact) mass is 249 g/mol. The number of benzene rings is 1. The molecule has 1 aromatic carbocycles. The van der Waals surface area contributed by atoms with Crippen molar-refractivity contribution in [1.82, 2.24) is 5.32 Å². The van der Waals surface area contributed by atoms with Gasteiger partial charge in [-0.05, 0) is 30.2 Å². The summed E-state index contributed by atoms with van der Waals surface area (Å²) in [7, 11) is 1.97. The van der Waals surface area contributed by atoms with Crippen LogP contribution in [-0.4, -0.2) is 20.2 Å². The molecule has 2 nitrogen and oxygen atoms in total. The van der Waals surface area contributed by atoms with Gasteiger partial charge in [0.25, 0.3) is 0 Å². The lowest BCUT2D eigenvalue weighted by Gasteiger charge is -2.25. The van der Waals surface area contributed by atoms with Gasteiger partial charge in [0.2, 0.25) is 0 Å². The van der Waals surface area contributed by atoms with Gasteiger partial charge in [-0.1, -0.05) is 46.8 Å². The Labute approximate surface area is 112 Å². The summed E-state index contributed by atoms with van der Waals surface area (Å²) in [5, 5.41) is 3.20. The highest BCUT2D eigenvalue weighted by atomic mass is 16.5. The number of hydrogen-bond donors (Lipinski definition) is 1. The number of ether oxygens (including phenoxy) is 1. The largest absolute Gasteiger partial charge is 0.493 e. The van der Waals surface area contributed by atoms with E-state index in [9.17, 15) is 0 Å². The Bertz CT molecular complexity index is 377. The summed E-state index contributed by atoms with van der Waals surface area (Å²) >= 11 is 0. The summed E-state index contributed by atoms with van der Waals surface area (Å²) in [5.41, 5.74) is 1.62. The molecule has 0 aliphatic rings. The van der Waals surface area contributed by atoms with Gasteiger partial charge in [0, 0.05) is 12.0 Å². The highest BCUT2D eigenvalue weighted by Crippen LogP contribution is 2.26. The molecule has 1 rings (SSSR count). The van der Waals surface area contributed by atoms with Crippen LogP contribution in [0, 0.1) is 5.41 Å². The van der Waals surface area contributed by atoms with Gasteiger partial charge >= 0.3 is 0 Å². The van der Waals surface area contributed by atoms with Gasteiger partial charge < -0.3 is 10.1 Å². The maximum absolute atomic E-state index is 5.92. The molecular formula is C16H27NO. The molecule has 18 heavy (non-hydrogen) atoms. The first-order chi connectivity index (χ1) is 8.24. The molecule has 0 unspecified atom stereocenters. The highest BCUT2D eigenvalue weighted by Gasteiger charge is 2.18. The summed E-state index contributed by atoms with van der Waals surface area (Å²) in [5.74, 6) is 0.964. The second-order valence-corrected chi connectivity index (χ2v) is 6.76. The fourth-order valence-corrected chi connectivity index (χ4v) is 1.86. The van der Waals surface area contributed by atoms with Crippen LogP contribution >= 0.6 is 0 Å². The third kappa shape index (κ3) is 4.69. The molecule has 2 heteroatoms. The summed E-state index contributed by atoms with van der Waals surface area (Å²) in [6.45, 7) is 12.7. The van der Waals surface area contributed by atoms with Crippen LogP contribution in [0.15, 0.2) is 24.3 Å². The van der Waals surface area contributed by atoms with Gasteiger partial charge in [-0.3, -0.25) is 0 Å². The van der Waals surface area contributed by atoms with E-state index >= 15 is 0 Å². The standard InChI is InChI=1S/C16H27NO/c1-15(2,3)13-8-7-9-14(10-13)18-12-16(4,5)11-17-6/h7-10,17H,11-12H2,1-6H3. The smallest absolute Gasteiger partial charge is 0.119 e. The molecule has 0 spiro atoms. The number of rotatable bonds is 5. The molecule has 0 fully saturated rings. The molecule has 0 aromatic heterocycles. The highest BCUT2D eigenvalue weighted by molar-refractivity contribution is 5.32. The molecule has 0 amide bonds. The minimum atomic E-state index is 0.145. The molecular weight excluding hydrogens is 222 g/mol. The third-order valence-corrected chi connectivity index (χ3v) is 2.98. The SMILES string of the molecule is CNCC(C)(C)COc1cccc(C(C)(C)C)c1. The summed E-state index contributed by atoms with van der Waals surface area (Å²) in [6, 6.07) is 8.41. The van der Waals surface area contributed by atoms with E-state index in [1.54, 1.807) is 0 Å². The molecule has 0 bridgehead atoms. The molecule has 0 saturated carbocycles. The molecule has 1 N–H and O–H groups in total. The Hall–Kier alpha value is -1.02. The van der Waals surface area contributed by atoms with Gasteiger partial charge in [0.15, 0.2) is 0 Å². The third-order valence-electron chi connectivity index (χ3n) is 2.98. The van der Waals surface area contributed by atoms with Crippen molar-refractivity contribution < 1.29 is 4.74 Å². The van der Waals surface area contributed by atoms with Crippen LogP contribution in [0.3, 0.4) is 0 Å². The maximum Gasteiger partial charge on any atom is 0.119 e. The van der Waals surface area contributed by atoms with Crippen LogP contribution in [0.2, 0.25) is 0 Å². The average Bonchev–Trinajstić information content (AvgIpc) is 2.26. The van der Waals surface area contributed by atoms with Gasteiger partial charge in [0.1, 0.15) is 5.75 Å². The fourth-order valence-electron chi connectivity index (χ4n) is 1.86. The lowest BCUT2D eigenvalue weighted by atomic mass is 9.87. The van der Waals surface area contributed by atoms with E-state index in [1.807, 2.05) is 13.1 Å². The predicted molar refractivity (Wildman–Crippen MR) is 78.3 cm³/mol. The Balaban J connectivity index is 2.69. The zero-order chi connectivity index (χ0) is 13.8. The summed E-state index contributed by atoms with van der Waals surface area (Å²) < 4.78 is 5.92. The van der Waals surface area contributed by atoms with Gasteiger partial charge in [-0.2, -0.15) is 0 Å². The lowest BCUT2D eigenvalue weighted by molar-refractivity contribution is 0.179.